The van der Waals surface area contributed by atoms with Crippen LogP contribution in [0.3, 0.4) is 0 Å². The summed E-state index contributed by atoms with van der Waals surface area (Å²) in [6, 6.07) is -0.0170. The van der Waals surface area contributed by atoms with Gasteiger partial charge in [-0.15, -0.1) is 11.8 Å². The summed E-state index contributed by atoms with van der Waals surface area (Å²) >= 11 is 1.67. The van der Waals surface area contributed by atoms with E-state index in [0.29, 0.717) is 12.5 Å². The first-order valence-corrected chi connectivity index (χ1v) is 8.70. The topological polar surface area (TPSA) is 79.8 Å². The van der Waals surface area contributed by atoms with Crippen LogP contribution in [0.5, 0.6) is 0 Å². The molecule has 1 aliphatic heterocycles. The average molecular weight is 318 g/mol. The van der Waals surface area contributed by atoms with Crippen molar-refractivity contribution in [3.63, 3.8) is 0 Å². The zero-order valence-electron chi connectivity index (χ0n) is 12.9. The number of ether oxygens (including phenoxy) is 2. The van der Waals surface area contributed by atoms with Gasteiger partial charge in [0.05, 0.1) is 18.1 Å². The number of aliphatic carboxylic acids is 1. The highest BCUT2D eigenvalue weighted by Crippen LogP contribution is 2.34. The van der Waals surface area contributed by atoms with Crippen molar-refractivity contribution >= 4 is 17.7 Å². The van der Waals surface area contributed by atoms with Gasteiger partial charge in [0.25, 0.3) is 0 Å². The minimum atomic E-state index is -0.734. The van der Waals surface area contributed by atoms with E-state index in [1.165, 1.54) is 0 Å². The fourth-order valence-electron chi connectivity index (χ4n) is 3.54. The third kappa shape index (κ3) is 3.90. The lowest BCUT2D eigenvalue weighted by Crippen LogP contribution is -2.62. The molecule has 6 nitrogen and oxygen atoms in total. The van der Waals surface area contributed by atoms with Crippen molar-refractivity contribution in [3.05, 3.63) is 0 Å². The standard InChI is InChI=1S/C14H26N2O4S/c1-19-10-5-4-8(6-11(10)20-2)12-9(13(17)18)7-15-14(16-12)21-3/h8-12,14-16H,4-7H2,1-3H3,(H,17,18). The first-order valence-electron chi connectivity index (χ1n) is 7.41. The maximum Gasteiger partial charge on any atom is 0.309 e. The quantitative estimate of drug-likeness (QED) is 0.689. The largest absolute Gasteiger partial charge is 0.481 e. The molecule has 2 rings (SSSR count). The molecule has 7 heteroatoms. The first kappa shape index (κ1) is 17.0. The van der Waals surface area contributed by atoms with Crippen LogP contribution in [0.25, 0.3) is 0 Å². The monoisotopic (exact) mass is 318 g/mol. The van der Waals surface area contributed by atoms with Gasteiger partial charge in [0.1, 0.15) is 5.50 Å². The van der Waals surface area contributed by atoms with Crippen LogP contribution in [0.4, 0.5) is 0 Å². The summed E-state index contributed by atoms with van der Waals surface area (Å²) in [7, 11) is 3.41. The van der Waals surface area contributed by atoms with Crippen LogP contribution < -0.4 is 10.6 Å². The molecule has 0 bridgehead atoms. The molecule has 0 aromatic carbocycles. The molecule has 2 fully saturated rings. The molecule has 3 N–H and O–H groups in total. The Balaban J connectivity index is 2.07. The van der Waals surface area contributed by atoms with Crippen molar-refractivity contribution in [1.29, 1.82) is 0 Å². The van der Waals surface area contributed by atoms with E-state index in [1.807, 2.05) is 6.26 Å². The van der Waals surface area contributed by atoms with Gasteiger partial charge in [0.15, 0.2) is 0 Å². The molecule has 1 saturated heterocycles. The fraction of sp³-hybridized carbons (Fsp3) is 0.929. The Hall–Kier alpha value is -0.340. The van der Waals surface area contributed by atoms with Crippen LogP contribution in [-0.2, 0) is 14.3 Å². The number of nitrogens with one attached hydrogen (secondary N) is 2. The molecule has 0 amide bonds. The second-order valence-electron chi connectivity index (χ2n) is 5.78. The number of carboxylic acid groups (broad SMARTS) is 1. The van der Waals surface area contributed by atoms with Crippen molar-refractivity contribution in [2.24, 2.45) is 11.8 Å². The molecular weight excluding hydrogens is 292 g/mol. The highest BCUT2D eigenvalue weighted by atomic mass is 32.2. The van der Waals surface area contributed by atoms with E-state index >= 15 is 0 Å². The number of methoxy groups -OCH3 is 2. The highest BCUT2D eigenvalue weighted by Gasteiger charge is 2.42. The van der Waals surface area contributed by atoms with Gasteiger partial charge in [-0.05, 0) is 31.4 Å². The molecule has 0 aromatic rings. The summed E-state index contributed by atoms with van der Waals surface area (Å²) in [5.41, 5.74) is 0.117. The highest BCUT2D eigenvalue weighted by molar-refractivity contribution is 7.99. The number of rotatable bonds is 5. The Morgan fingerprint density at radius 1 is 1.24 bits per heavy atom. The summed E-state index contributed by atoms with van der Waals surface area (Å²) in [5, 5.41) is 16.2. The van der Waals surface area contributed by atoms with Crippen LogP contribution in [-0.4, -0.2) is 61.8 Å². The van der Waals surface area contributed by atoms with E-state index in [1.54, 1.807) is 26.0 Å². The fourth-order valence-corrected chi connectivity index (χ4v) is 4.10. The van der Waals surface area contributed by atoms with Crippen molar-refractivity contribution in [2.75, 3.05) is 27.0 Å². The molecule has 0 aromatic heterocycles. The van der Waals surface area contributed by atoms with Gasteiger partial charge in [-0.2, -0.15) is 0 Å². The maximum atomic E-state index is 11.5. The first-order chi connectivity index (χ1) is 10.1. The zero-order valence-corrected chi connectivity index (χ0v) is 13.7. The second-order valence-corrected chi connectivity index (χ2v) is 6.73. The molecule has 122 valence electrons. The third-order valence-electron chi connectivity index (χ3n) is 4.74. The lowest BCUT2D eigenvalue weighted by atomic mass is 9.76. The lowest BCUT2D eigenvalue weighted by Gasteiger charge is -2.44. The van der Waals surface area contributed by atoms with Gasteiger partial charge in [0, 0.05) is 26.8 Å². The van der Waals surface area contributed by atoms with Crippen LogP contribution in [0, 0.1) is 11.8 Å². The van der Waals surface area contributed by atoms with Gasteiger partial charge in [-0.3, -0.25) is 15.4 Å². The molecule has 1 saturated carbocycles. The van der Waals surface area contributed by atoms with Crippen LogP contribution in [0.15, 0.2) is 0 Å². The van der Waals surface area contributed by atoms with Crippen molar-refractivity contribution < 1.29 is 19.4 Å². The summed E-state index contributed by atoms with van der Waals surface area (Å²) in [4.78, 5) is 11.5. The Morgan fingerprint density at radius 3 is 2.52 bits per heavy atom. The smallest absolute Gasteiger partial charge is 0.309 e. The van der Waals surface area contributed by atoms with Gasteiger partial charge < -0.3 is 14.6 Å². The Morgan fingerprint density at radius 2 is 1.95 bits per heavy atom. The molecule has 6 atom stereocenters. The summed E-state index contributed by atoms with van der Waals surface area (Å²) in [6.07, 6.45) is 4.92. The van der Waals surface area contributed by atoms with E-state index in [-0.39, 0.29) is 23.7 Å². The van der Waals surface area contributed by atoms with Gasteiger partial charge in [-0.1, -0.05) is 0 Å². The van der Waals surface area contributed by atoms with Crippen LogP contribution in [0.1, 0.15) is 19.3 Å². The Labute approximate surface area is 130 Å². The molecule has 1 aliphatic carbocycles. The molecule has 6 unspecified atom stereocenters. The molecule has 2 aliphatic rings. The average Bonchev–Trinajstić information content (AvgIpc) is 2.53. The molecule has 0 spiro atoms. The van der Waals surface area contributed by atoms with Crippen molar-refractivity contribution in [3.8, 4) is 0 Å². The van der Waals surface area contributed by atoms with E-state index in [9.17, 15) is 9.90 Å². The lowest BCUT2D eigenvalue weighted by molar-refractivity contribution is -0.145. The van der Waals surface area contributed by atoms with Gasteiger partial charge in [0.2, 0.25) is 0 Å². The molecule has 21 heavy (non-hydrogen) atoms. The van der Waals surface area contributed by atoms with Crippen LogP contribution in [0.2, 0.25) is 0 Å². The maximum absolute atomic E-state index is 11.5. The van der Waals surface area contributed by atoms with Gasteiger partial charge >= 0.3 is 5.97 Å². The Kier molecular flexibility index (Phi) is 6.31. The summed E-state index contributed by atoms with van der Waals surface area (Å²) in [5.74, 6) is -0.823. The number of hydrogen-bond acceptors (Lipinski definition) is 6. The Bertz CT molecular complexity index is 358. The van der Waals surface area contributed by atoms with Gasteiger partial charge in [-0.25, -0.2) is 0 Å². The summed E-state index contributed by atoms with van der Waals surface area (Å²) < 4.78 is 11.0. The molecular formula is C14H26N2O4S. The predicted molar refractivity (Wildman–Crippen MR) is 82.3 cm³/mol. The zero-order chi connectivity index (χ0) is 15.4. The number of thioether (sulfide) groups is 1. The van der Waals surface area contributed by atoms with E-state index < -0.39 is 11.9 Å². The van der Waals surface area contributed by atoms with Crippen LogP contribution >= 0.6 is 11.8 Å². The van der Waals surface area contributed by atoms with Crippen molar-refractivity contribution in [1.82, 2.24) is 10.6 Å². The predicted octanol–water partition coefficient (Wildman–Crippen LogP) is 0.725. The van der Waals surface area contributed by atoms with E-state index in [0.717, 1.165) is 19.3 Å². The molecule has 0 radical (unpaired) electrons. The van der Waals surface area contributed by atoms with Crippen molar-refractivity contribution in [2.45, 2.75) is 43.0 Å². The number of carboxylic acids is 1. The normalized spacial score (nSPS) is 40.9. The minimum absolute atomic E-state index is 0.0170. The second kappa shape index (κ2) is 7.78. The third-order valence-corrected chi connectivity index (χ3v) is 5.51. The number of carbonyl (C=O) groups is 1. The van der Waals surface area contributed by atoms with E-state index in [2.05, 4.69) is 10.6 Å². The molecule has 1 heterocycles. The SMILES string of the molecule is COC1CCC(C2NC(SC)NCC2C(=O)O)CC1OC. The number of hydrogen-bond donors (Lipinski definition) is 3. The van der Waals surface area contributed by atoms with E-state index in [4.69, 9.17) is 9.47 Å². The summed E-state index contributed by atoms with van der Waals surface area (Å²) in [6.45, 7) is 0.514. The minimum Gasteiger partial charge on any atom is -0.481 e.